The maximum atomic E-state index is 2.42. The third-order valence-corrected chi connectivity index (χ3v) is 1.54. The predicted octanol–water partition coefficient (Wildman–Crippen LogP) is 2.37. The van der Waals surface area contributed by atoms with Crippen LogP contribution in [0.15, 0.2) is 0 Å². The van der Waals surface area contributed by atoms with Gasteiger partial charge in [0, 0.05) is 6.04 Å². The maximum absolute atomic E-state index is 2.42. The molecule has 0 aromatic heterocycles. The Balaban J connectivity index is 0. The molecule has 0 bridgehead atoms. The lowest BCUT2D eigenvalue weighted by Crippen LogP contribution is -2.29. The minimum absolute atomic E-state index is 0. The van der Waals surface area contributed by atoms with Crippen LogP contribution in [-0.4, -0.2) is 24.0 Å². The van der Waals surface area contributed by atoms with E-state index in [4.69, 9.17) is 0 Å². The van der Waals surface area contributed by atoms with E-state index in [2.05, 4.69) is 32.6 Å². The quantitative estimate of drug-likeness (QED) is 0.568. The monoisotopic (exact) mass is 131 g/mol. The van der Waals surface area contributed by atoms with Crippen LogP contribution in [0, 0.1) is 0 Å². The lowest BCUT2D eigenvalue weighted by molar-refractivity contribution is 0.246. The average molecular weight is 131 g/mol. The molecule has 0 aromatic rings. The van der Waals surface area contributed by atoms with Gasteiger partial charge >= 0.3 is 0 Å². The summed E-state index contributed by atoms with van der Waals surface area (Å²) in [6.07, 6.45) is 0. The Labute approximate surface area is 60.1 Å². The molecule has 0 aliphatic carbocycles. The molecule has 0 saturated heterocycles. The van der Waals surface area contributed by atoms with Crippen LogP contribution in [0.4, 0.5) is 0 Å². The van der Waals surface area contributed by atoms with Crippen LogP contribution >= 0.6 is 0 Å². The third kappa shape index (κ3) is 4.46. The molecule has 58 valence electrons. The molecule has 0 aliphatic heterocycles. The summed E-state index contributed by atoms with van der Waals surface area (Å²) >= 11 is 0. The van der Waals surface area contributed by atoms with E-state index >= 15 is 0 Å². The minimum Gasteiger partial charge on any atom is -0.301 e. The second-order valence-corrected chi connectivity index (χ2v) is 2.31. The van der Waals surface area contributed by atoms with E-state index in [1.165, 1.54) is 13.1 Å². The van der Waals surface area contributed by atoms with Gasteiger partial charge in [-0.25, -0.2) is 0 Å². The van der Waals surface area contributed by atoms with Crippen LogP contribution < -0.4 is 0 Å². The fourth-order valence-corrected chi connectivity index (χ4v) is 0.954. The summed E-state index contributed by atoms with van der Waals surface area (Å²) in [5.41, 5.74) is 0. The summed E-state index contributed by atoms with van der Waals surface area (Å²) < 4.78 is 0. The van der Waals surface area contributed by atoms with Crippen molar-refractivity contribution in [3.05, 3.63) is 0 Å². The third-order valence-electron chi connectivity index (χ3n) is 1.54. The van der Waals surface area contributed by atoms with Crippen molar-refractivity contribution >= 4 is 0 Å². The van der Waals surface area contributed by atoms with Gasteiger partial charge < -0.3 is 4.90 Å². The second kappa shape index (κ2) is 6.09. The van der Waals surface area contributed by atoms with Crippen molar-refractivity contribution in [3.8, 4) is 0 Å². The minimum atomic E-state index is 0. The van der Waals surface area contributed by atoms with E-state index in [-0.39, 0.29) is 7.43 Å². The molecule has 0 N–H and O–H groups in total. The molecule has 0 unspecified atom stereocenters. The molecule has 0 aromatic carbocycles. The summed E-state index contributed by atoms with van der Waals surface area (Å²) in [5, 5.41) is 0. The number of hydrogen-bond donors (Lipinski definition) is 0. The molecule has 9 heavy (non-hydrogen) atoms. The average Bonchev–Trinajstić information content (AvgIpc) is 1.69. The van der Waals surface area contributed by atoms with Crippen LogP contribution in [0.3, 0.4) is 0 Å². The van der Waals surface area contributed by atoms with Gasteiger partial charge in [0.2, 0.25) is 0 Å². The Morgan fingerprint density at radius 2 is 1.44 bits per heavy atom. The molecule has 0 spiro atoms. The summed E-state index contributed by atoms with van der Waals surface area (Å²) in [4.78, 5) is 2.42. The molecule has 0 heterocycles. The van der Waals surface area contributed by atoms with Gasteiger partial charge in [0.1, 0.15) is 0 Å². The lowest BCUT2D eigenvalue weighted by Gasteiger charge is -2.21. The molecule has 0 radical (unpaired) electrons. The second-order valence-electron chi connectivity index (χ2n) is 2.31. The van der Waals surface area contributed by atoms with Crippen molar-refractivity contribution in [1.29, 1.82) is 0 Å². The van der Waals surface area contributed by atoms with Crippen molar-refractivity contribution in [1.82, 2.24) is 4.90 Å². The van der Waals surface area contributed by atoms with Crippen molar-refractivity contribution in [2.75, 3.05) is 13.1 Å². The molecule has 1 heteroatoms. The van der Waals surface area contributed by atoms with Crippen LogP contribution in [0.25, 0.3) is 0 Å². The van der Waals surface area contributed by atoms with Crippen LogP contribution in [-0.2, 0) is 0 Å². The molecular formula is C8H21N. The molecule has 0 fully saturated rings. The fraction of sp³-hybridized carbons (Fsp3) is 1.00. The van der Waals surface area contributed by atoms with E-state index in [1.54, 1.807) is 0 Å². The number of hydrogen-bond acceptors (Lipinski definition) is 1. The largest absolute Gasteiger partial charge is 0.301 e. The first-order chi connectivity index (χ1) is 3.72. The van der Waals surface area contributed by atoms with Crippen molar-refractivity contribution < 1.29 is 0 Å². The first-order valence-corrected chi connectivity index (χ1v) is 3.46. The van der Waals surface area contributed by atoms with E-state index in [0.29, 0.717) is 6.04 Å². The summed E-state index contributed by atoms with van der Waals surface area (Å²) in [5.74, 6) is 0. The summed E-state index contributed by atoms with van der Waals surface area (Å²) in [6, 6.07) is 0.713. The molecule has 0 aliphatic rings. The lowest BCUT2D eigenvalue weighted by atomic mass is 10.3. The van der Waals surface area contributed by atoms with E-state index in [9.17, 15) is 0 Å². The molecular weight excluding hydrogens is 110 g/mol. The van der Waals surface area contributed by atoms with Gasteiger partial charge in [0.15, 0.2) is 0 Å². The van der Waals surface area contributed by atoms with Crippen molar-refractivity contribution in [3.63, 3.8) is 0 Å². The predicted molar refractivity (Wildman–Crippen MR) is 44.8 cm³/mol. The highest BCUT2D eigenvalue weighted by atomic mass is 15.1. The van der Waals surface area contributed by atoms with Gasteiger partial charge in [0.25, 0.3) is 0 Å². The van der Waals surface area contributed by atoms with Crippen LogP contribution in [0.1, 0.15) is 35.1 Å². The number of nitrogens with zero attached hydrogens (tertiary/aromatic N) is 1. The van der Waals surface area contributed by atoms with Crippen molar-refractivity contribution in [2.24, 2.45) is 0 Å². The fourth-order valence-electron chi connectivity index (χ4n) is 0.954. The van der Waals surface area contributed by atoms with E-state index in [0.717, 1.165) is 0 Å². The molecule has 1 nitrogen and oxygen atoms in total. The smallest absolute Gasteiger partial charge is 0.00383 e. The SMILES string of the molecule is C.CCN(CC)C(C)C. The van der Waals surface area contributed by atoms with E-state index in [1.807, 2.05) is 0 Å². The first kappa shape index (κ1) is 11.7. The Bertz CT molecular complexity index is 46.5. The number of rotatable bonds is 3. The standard InChI is InChI=1S/C7H17N.CH4/c1-5-8(6-2)7(3)4;/h7H,5-6H2,1-4H3;1H4. The van der Waals surface area contributed by atoms with Gasteiger partial charge in [-0.15, -0.1) is 0 Å². The van der Waals surface area contributed by atoms with Crippen LogP contribution in [0.2, 0.25) is 0 Å². The highest BCUT2D eigenvalue weighted by Crippen LogP contribution is 1.94. The van der Waals surface area contributed by atoms with Gasteiger partial charge in [-0.3, -0.25) is 0 Å². The van der Waals surface area contributed by atoms with Gasteiger partial charge in [-0.1, -0.05) is 21.3 Å². The molecule has 0 atom stereocenters. The van der Waals surface area contributed by atoms with Crippen LogP contribution in [0.5, 0.6) is 0 Å². The topological polar surface area (TPSA) is 3.24 Å². The Kier molecular flexibility index (Phi) is 7.92. The maximum Gasteiger partial charge on any atom is 0.00383 e. The Hall–Kier alpha value is -0.0400. The highest BCUT2D eigenvalue weighted by molar-refractivity contribution is 4.56. The zero-order valence-corrected chi connectivity index (χ0v) is 6.44. The van der Waals surface area contributed by atoms with Gasteiger partial charge in [-0.2, -0.15) is 0 Å². The van der Waals surface area contributed by atoms with Gasteiger partial charge in [0.05, 0.1) is 0 Å². The Morgan fingerprint density at radius 3 is 1.44 bits per heavy atom. The molecule has 0 saturated carbocycles. The highest BCUT2D eigenvalue weighted by Gasteiger charge is 2.00. The molecule has 0 rings (SSSR count). The molecule has 0 amide bonds. The zero-order valence-electron chi connectivity index (χ0n) is 6.44. The zero-order chi connectivity index (χ0) is 6.57. The Morgan fingerprint density at radius 1 is 1.11 bits per heavy atom. The normalized spacial score (nSPS) is 10.0. The van der Waals surface area contributed by atoms with E-state index < -0.39 is 0 Å². The summed E-state index contributed by atoms with van der Waals surface area (Å²) in [6.45, 7) is 11.2. The summed E-state index contributed by atoms with van der Waals surface area (Å²) in [7, 11) is 0. The first-order valence-electron chi connectivity index (χ1n) is 3.46. The van der Waals surface area contributed by atoms with Crippen molar-refractivity contribution in [2.45, 2.75) is 41.2 Å². The van der Waals surface area contributed by atoms with Gasteiger partial charge in [-0.05, 0) is 26.9 Å².